The molecule has 1 unspecified atom stereocenters. The molecule has 0 spiro atoms. The van der Waals surface area contributed by atoms with Gasteiger partial charge in [-0.15, -0.1) is 0 Å². The number of methoxy groups -OCH3 is 1. The summed E-state index contributed by atoms with van der Waals surface area (Å²) in [5.41, 5.74) is 1.76. The summed E-state index contributed by atoms with van der Waals surface area (Å²) in [5, 5.41) is 3.16. The van der Waals surface area contributed by atoms with Gasteiger partial charge in [-0.3, -0.25) is 13.9 Å². The number of halogens is 1. The molecule has 1 N–H and O–H groups in total. The molecule has 0 bridgehead atoms. The highest BCUT2D eigenvalue weighted by molar-refractivity contribution is 7.92. The maximum atomic E-state index is 14.5. The molecule has 46 heavy (non-hydrogen) atoms. The standard InChI is InChI=1S/C36H38FN3O5S/c1-45-32-20-22-33(23-21-32)46(43,44)40(31-18-16-29(37)17-19-31)26-35(41)39(25-28-12-6-3-7-13-28)34(24-27-10-4-2-5-11-27)36(42)38-30-14-8-9-15-30/h2-7,10-13,16-23,30,34H,8-9,14-15,24-26H2,1H3,(H,38,42). The lowest BCUT2D eigenvalue weighted by Gasteiger charge is -2.34. The van der Waals surface area contributed by atoms with E-state index in [1.54, 1.807) is 0 Å². The molecule has 8 nitrogen and oxygen atoms in total. The summed E-state index contributed by atoms with van der Waals surface area (Å²) in [6.07, 6.45) is 4.02. The molecule has 4 aromatic rings. The first-order valence-electron chi connectivity index (χ1n) is 15.3. The summed E-state index contributed by atoms with van der Waals surface area (Å²) in [5.74, 6) is -0.942. The number of nitrogens with one attached hydrogen (secondary N) is 1. The van der Waals surface area contributed by atoms with Crippen LogP contribution in [0.1, 0.15) is 36.8 Å². The fraction of sp³-hybridized carbons (Fsp3) is 0.278. The predicted octanol–water partition coefficient (Wildman–Crippen LogP) is 5.73. The highest BCUT2D eigenvalue weighted by Gasteiger charge is 2.35. The average molecular weight is 644 g/mol. The van der Waals surface area contributed by atoms with E-state index in [-0.39, 0.29) is 35.5 Å². The van der Waals surface area contributed by atoms with Crippen LogP contribution in [0.2, 0.25) is 0 Å². The Morgan fingerprint density at radius 1 is 0.848 bits per heavy atom. The van der Waals surface area contributed by atoms with Gasteiger partial charge in [0, 0.05) is 19.0 Å². The van der Waals surface area contributed by atoms with Gasteiger partial charge >= 0.3 is 0 Å². The maximum absolute atomic E-state index is 14.5. The monoisotopic (exact) mass is 643 g/mol. The van der Waals surface area contributed by atoms with Crippen molar-refractivity contribution in [1.29, 1.82) is 0 Å². The molecule has 0 saturated heterocycles. The van der Waals surface area contributed by atoms with Crippen molar-refractivity contribution in [2.75, 3.05) is 18.0 Å². The highest BCUT2D eigenvalue weighted by Crippen LogP contribution is 2.27. The van der Waals surface area contributed by atoms with E-state index in [1.165, 1.54) is 48.4 Å². The van der Waals surface area contributed by atoms with Crippen molar-refractivity contribution < 1.29 is 27.1 Å². The zero-order valence-electron chi connectivity index (χ0n) is 25.7. The van der Waals surface area contributed by atoms with E-state index < -0.39 is 34.3 Å². The molecule has 1 aliphatic carbocycles. The van der Waals surface area contributed by atoms with Crippen LogP contribution in [-0.4, -0.2) is 50.9 Å². The molecule has 0 aliphatic heterocycles. The maximum Gasteiger partial charge on any atom is 0.264 e. The van der Waals surface area contributed by atoms with Gasteiger partial charge in [-0.2, -0.15) is 0 Å². The molecular weight excluding hydrogens is 605 g/mol. The fourth-order valence-electron chi connectivity index (χ4n) is 5.71. The summed E-state index contributed by atoms with van der Waals surface area (Å²) in [6.45, 7) is -0.538. The van der Waals surface area contributed by atoms with Gasteiger partial charge in [-0.05, 0) is 72.5 Å². The van der Waals surface area contributed by atoms with E-state index in [1.807, 2.05) is 60.7 Å². The van der Waals surface area contributed by atoms with Crippen LogP contribution in [0, 0.1) is 5.82 Å². The largest absolute Gasteiger partial charge is 0.497 e. The van der Waals surface area contributed by atoms with Gasteiger partial charge in [0.2, 0.25) is 11.8 Å². The molecule has 1 fully saturated rings. The number of carbonyl (C=O) groups is 2. The smallest absolute Gasteiger partial charge is 0.264 e. The molecule has 10 heteroatoms. The van der Waals surface area contributed by atoms with Gasteiger partial charge in [-0.1, -0.05) is 73.5 Å². The van der Waals surface area contributed by atoms with Gasteiger partial charge < -0.3 is 15.0 Å². The Morgan fingerprint density at radius 3 is 2.02 bits per heavy atom. The Morgan fingerprint density at radius 2 is 1.43 bits per heavy atom. The number of benzene rings is 4. The third-order valence-electron chi connectivity index (χ3n) is 8.21. The van der Waals surface area contributed by atoms with E-state index in [9.17, 15) is 22.4 Å². The number of sulfonamides is 1. The lowest BCUT2D eigenvalue weighted by atomic mass is 10.0. The summed E-state index contributed by atoms with van der Waals surface area (Å²) >= 11 is 0. The van der Waals surface area contributed by atoms with Crippen LogP contribution in [0.3, 0.4) is 0 Å². The van der Waals surface area contributed by atoms with E-state index in [0.29, 0.717) is 5.75 Å². The number of amides is 2. The lowest BCUT2D eigenvalue weighted by molar-refractivity contribution is -0.140. The zero-order valence-corrected chi connectivity index (χ0v) is 26.5. The van der Waals surface area contributed by atoms with Crippen molar-refractivity contribution in [3.63, 3.8) is 0 Å². The first-order chi connectivity index (χ1) is 22.2. The first kappa shape index (κ1) is 32.7. The van der Waals surface area contributed by atoms with E-state index in [4.69, 9.17) is 4.74 Å². The lowest BCUT2D eigenvalue weighted by Crippen LogP contribution is -2.54. The Bertz CT molecular complexity index is 1700. The fourth-order valence-corrected chi connectivity index (χ4v) is 7.13. The second-order valence-corrected chi connectivity index (χ2v) is 13.2. The molecule has 0 aromatic heterocycles. The van der Waals surface area contributed by atoms with Crippen molar-refractivity contribution in [3.8, 4) is 5.75 Å². The first-order valence-corrected chi connectivity index (χ1v) is 16.8. The number of hydrogen-bond donors (Lipinski definition) is 1. The van der Waals surface area contributed by atoms with Gasteiger partial charge in [0.05, 0.1) is 17.7 Å². The Hall–Kier alpha value is -4.70. The van der Waals surface area contributed by atoms with E-state index in [2.05, 4.69) is 5.32 Å². The van der Waals surface area contributed by atoms with Gasteiger partial charge in [0.1, 0.15) is 24.2 Å². The molecule has 0 radical (unpaired) electrons. The minimum Gasteiger partial charge on any atom is -0.497 e. The number of nitrogens with zero attached hydrogens (tertiary/aromatic N) is 2. The van der Waals surface area contributed by atoms with Gasteiger partial charge in [0.15, 0.2) is 0 Å². The third-order valence-corrected chi connectivity index (χ3v) is 10.00. The molecule has 1 saturated carbocycles. The van der Waals surface area contributed by atoms with Crippen molar-refractivity contribution >= 4 is 27.5 Å². The Balaban J connectivity index is 1.54. The topological polar surface area (TPSA) is 96.0 Å². The SMILES string of the molecule is COc1ccc(S(=O)(=O)N(CC(=O)N(Cc2ccccc2)C(Cc2ccccc2)C(=O)NC2CCCC2)c2ccc(F)cc2)cc1. The number of carbonyl (C=O) groups excluding carboxylic acids is 2. The summed E-state index contributed by atoms with van der Waals surface area (Å²) in [7, 11) is -2.83. The third kappa shape index (κ3) is 8.11. The van der Waals surface area contributed by atoms with Crippen LogP contribution in [-0.2, 0) is 32.6 Å². The van der Waals surface area contributed by atoms with Gasteiger partial charge in [0.25, 0.3) is 10.0 Å². The number of anilines is 1. The second-order valence-electron chi connectivity index (χ2n) is 11.4. The number of rotatable bonds is 13. The molecule has 4 aromatic carbocycles. The van der Waals surface area contributed by atoms with Crippen LogP contribution in [0.25, 0.3) is 0 Å². The normalized spacial score (nSPS) is 14.0. The number of ether oxygens (including phenoxy) is 1. The molecule has 240 valence electrons. The van der Waals surface area contributed by atoms with Crippen LogP contribution in [0.5, 0.6) is 5.75 Å². The van der Waals surface area contributed by atoms with Crippen molar-refractivity contribution in [3.05, 3.63) is 126 Å². The highest BCUT2D eigenvalue weighted by atomic mass is 32.2. The van der Waals surface area contributed by atoms with Crippen LogP contribution >= 0.6 is 0 Å². The average Bonchev–Trinajstić information content (AvgIpc) is 3.59. The quantitative estimate of drug-likeness (QED) is 0.201. The Labute approximate surface area is 269 Å². The van der Waals surface area contributed by atoms with Crippen molar-refractivity contribution in [2.45, 2.75) is 55.6 Å². The van der Waals surface area contributed by atoms with Crippen LogP contribution in [0.4, 0.5) is 10.1 Å². The molecule has 2 amide bonds. The van der Waals surface area contributed by atoms with Crippen molar-refractivity contribution in [2.24, 2.45) is 0 Å². The van der Waals surface area contributed by atoms with E-state index >= 15 is 0 Å². The second kappa shape index (κ2) is 15.1. The summed E-state index contributed by atoms with van der Waals surface area (Å²) in [6, 6.07) is 28.6. The molecule has 1 atom stereocenters. The molecule has 1 aliphatic rings. The Kier molecular flexibility index (Phi) is 10.7. The van der Waals surface area contributed by atoms with Gasteiger partial charge in [-0.25, -0.2) is 12.8 Å². The summed E-state index contributed by atoms with van der Waals surface area (Å²) in [4.78, 5) is 29.9. The van der Waals surface area contributed by atoms with Crippen LogP contribution < -0.4 is 14.4 Å². The summed E-state index contributed by atoms with van der Waals surface area (Å²) < 4.78 is 48.3. The molecule has 5 rings (SSSR count). The van der Waals surface area contributed by atoms with Crippen LogP contribution in [0.15, 0.2) is 114 Å². The number of hydrogen-bond acceptors (Lipinski definition) is 5. The predicted molar refractivity (Wildman–Crippen MR) is 175 cm³/mol. The minimum absolute atomic E-state index is 0.0191. The molecule has 0 heterocycles. The van der Waals surface area contributed by atoms with Crippen molar-refractivity contribution in [1.82, 2.24) is 10.2 Å². The minimum atomic E-state index is -4.31. The zero-order chi connectivity index (χ0) is 32.5. The van der Waals surface area contributed by atoms with E-state index in [0.717, 1.165) is 53.2 Å². The molecular formula is C36H38FN3O5S.